The first-order chi connectivity index (χ1) is 10.6. The van der Waals surface area contributed by atoms with E-state index in [-0.39, 0.29) is 0 Å². The molecule has 3 rings (SSSR count). The largest absolute Gasteiger partial charge is 0.494 e. The second-order valence-corrected chi connectivity index (χ2v) is 6.70. The molecule has 6 heteroatoms. The van der Waals surface area contributed by atoms with Gasteiger partial charge in [0.05, 0.1) is 16.1 Å². The third-order valence-corrected chi connectivity index (χ3v) is 4.57. The molecule has 0 saturated heterocycles. The molecule has 0 saturated carbocycles. The Morgan fingerprint density at radius 2 is 1.64 bits per heavy atom. The van der Waals surface area contributed by atoms with Crippen LogP contribution in [0.3, 0.4) is 0 Å². The molecule has 0 N–H and O–H groups in total. The SMILES string of the molecule is COc1c(Br)cc(-c2cc(-c3ccc(Cl)cc3)on2)cc1Br. The molecular weight excluding hydrogens is 433 g/mol. The van der Waals surface area contributed by atoms with Crippen molar-refractivity contribution in [2.45, 2.75) is 0 Å². The summed E-state index contributed by atoms with van der Waals surface area (Å²) >= 11 is 12.9. The molecule has 112 valence electrons. The number of halogens is 3. The molecule has 0 radical (unpaired) electrons. The summed E-state index contributed by atoms with van der Waals surface area (Å²) in [5, 5.41) is 4.82. The summed E-state index contributed by atoms with van der Waals surface area (Å²) in [6.07, 6.45) is 0. The zero-order valence-electron chi connectivity index (χ0n) is 11.4. The zero-order chi connectivity index (χ0) is 15.7. The van der Waals surface area contributed by atoms with E-state index in [1.54, 1.807) is 7.11 Å². The number of ether oxygens (including phenoxy) is 1. The molecule has 0 spiro atoms. The summed E-state index contributed by atoms with van der Waals surface area (Å²) in [5.41, 5.74) is 2.59. The van der Waals surface area contributed by atoms with Gasteiger partial charge in [0, 0.05) is 22.2 Å². The van der Waals surface area contributed by atoms with Gasteiger partial charge in [0.2, 0.25) is 0 Å². The van der Waals surface area contributed by atoms with Crippen molar-refractivity contribution >= 4 is 43.5 Å². The maximum Gasteiger partial charge on any atom is 0.167 e. The number of rotatable bonds is 3. The Balaban J connectivity index is 1.99. The first-order valence-corrected chi connectivity index (χ1v) is 8.31. The molecule has 2 aromatic carbocycles. The van der Waals surface area contributed by atoms with Crippen LogP contribution in [0.5, 0.6) is 5.75 Å². The lowest BCUT2D eigenvalue weighted by molar-refractivity contribution is 0.409. The molecule has 0 atom stereocenters. The van der Waals surface area contributed by atoms with Gasteiger partial charge in [-0.1, -0.05) is 16.8 Å². The van der Waals surface area contributed by atoms with Gasteiger partial charge in [-0.3, -0.25) is 0 Å². The van der Waals surface area contributed by atoms with Gasteiger partial charge in [0.1, 0.15) is 11.4 Å². The third kappa shape index (κ3) is 3.07. The lowest BCUT2D eigenvalue weighted by Crippen LogP contribution is -1.87. The number of hydrogen-bond donors (Lipinski definition) is 0. The van der Waals surface area contributed by atoms with Gasteiger partial charge in [-0.2, -0.15) is 0 Å². The Bertz CT molecular complexity index is 792. The Morgan fingerprint density at radius 3 is 2.23 bits per heavy atom. The predicted molar refractivity (Wildman–Crippen MR) is 94.3 cm³/mol. The number of nitrogens with zero attached hydrogens (tertiary/aromatic N) is 1. The minimum atomic E-state index is 0.687. The van der Waals surface area contributed by atoms with Crippen LogP contribution in [0, 0.1) is 0 Å². The number of benzene rings is 2. The molecule has 0 aliphatic heterocycles. The smallest absolute Gasteiger partial charge is 0.167 e. The van der Waals surface area contributed by atoms with Gasteiger partial charge in [-0.25, -0.2) is 0 Å². The second-order valence-electron chi connectivity index (χ2n) is 4.56. The molecule has 22 heavy (non-hydrogen) atoms. The number of hydrogen-bond acceptors (Lipinski definition) is 3. The maximum absolute atomic E-state index is 5.90. The minimum Gasteiger partial charge on any atom is -0.494 e. The lowest BCUT2D eigenvalue weighted by atomic mass is 10.1. The van der Waals surface area contributed by atoms with Crippen LogP contribution in [-0.2, 0) is 0 Å². The molecule has 3 nitrogen and oxygen atoms in total. The summed E-state index contributed by atoms with van der Waals surface area (Å²) in [5.74, 6) is 1.43. The fourth-order valence-electron chi connectivity index (χ4n) is 2.06. The number of methoxy groups -OCH3 is 1. The van der Waals surface area contributed by atoms with Gasteiger partial charge in [0.25, 0.3) is 0 Å². The molecule has 0 unspecified atom stereocenters. The zero-order valence-corrected chi connectivity index (χ0v) is 15.4. The molecule has 0 amide bonds. The first kappa shape index (κ1) is 15.6. The molecule has 0 bridgehead atoms. The van der Waals surface area contributed by atoms with Gasteiger partial charge < -0.3 is 9.26 Å². The fraction of sp³-hybridized carbons (Fsp3) is 0.0625. The fourth-order valence-corrected chi connectivity index (χ4v) is 3.70. The lowest BCUT2D eigenvalue weighted by Gasteiger charge is -2.07. The first-order valence-electron chi connectivity index (χ1n) is 6.34. The second kappa shape index (κ2) is 6.44. The van der Waals surface area contributed by atoms with Crippen LogP contribution in [0.1, 0.15) is 0 Å². The van der Waals surface area contributed by atoms with E-state index in [1.807, 2.05) is 42.5 Å². The highest BCUT2D eigenvalue weighted by atomic mass is 79.9. The van der Waals surface area contributed by atoms with Gasteiger partial charge in [-0.05, 0) is 68.3 Å². The highest BCUT2D eigenvalue weighted by Crippen LogP contribution is 2.38. The summed E-state index contributed by atoms with van der Waals surface area (Å²) in [4.78, 5) is 0. The van der Waals surface area contributed by atoms with Crippen LogP contribution in [0.2, 0.25) is 5.02 Å². The van der Waals surface area contributed by atoms with Crippen LogP contribution in [0.25, 0.3) is 22.6 Å². The molecule has 1 aromatic heterocycles. The average molecular weight is 444 g/mol. The van der Waals surface area contributed by atoms with E-state index in [0.29, 0.717) is 10.8 Å². The van der Waals surface area contributed by atoms with Crippen LogP contribution < -0.4 is 4.74 Å². The van der Waals surface area contributed by atoms with Crippen molar-refractivity contribution in [2.24, 2.45) is 0 Å². The molecular formula is C16H10Br2ClNO2. The Morgan fingerprint density at radius 1 is 1.00 bits per heavy atom. The van der Waals surface area contributed by atoms with E-state index in [2.05, 4.69) is 37.0 Å². The summed E-state index contributed by atoms with van der Waals surface area (Å²) in [6, 6.07) is 13.2. The van der Waals surface area contributed by atoms with E-state index in [9.17, 15) is 0 Å². The standard InChI is InChI=1S/C16H10Br2ClNO2/c1-21-16-12(17)6-10(7-13(16)18)14-8-15(22-20-14)9-2-4-11(19)5-3-9/h2-8H,1H3. The molecule has 0 aliphatic rings. The van der Waals surface area contributed by atoms with Gasteiger partial charge in [-0.15, -0.1) is 0 Å². The van der Waals surface area contributed by atoms with Crippen LogP contribution >= 0.6 is 43.5 Å². The van der Waals surface area contributed by atoms with Crippen LogP contribution in [0.15, 0.2) is 55.9 Å². The Hall–Kier alpha value is -1.30. The molecule has 3 aromatic rings. The highest BCUT2D eigenvalue weighted by molar-refractivity contribution is 9.11. The van der Waals surface area contributed by atoms with E-state index in [4.69, 9.17) is 20.9 Å². The third-order valence-electron chi connectivity index (χ3n) is 3.14. The van der Waals surface area contributed by atoms with Crippen molar-refractivity contribution in [1.82, 2.24) is 5.16 Å². The average Bonchev–Trinajstić information content (AvgIpc) is 2.97. The van der Waals surface area contributed by atoms with Gasteiger partial charge in [0.15, 0.2) is 5.76 Å². The summed E-state index contributed by atoms with van der Waals surface area (Å²) in [6.45, 7) is 0. The van der Waals surface area contributed by atoms with Crippen molar-refractivity contribution in [3.8, 4) is 28.3 Å². The predicted octanol–water partition coefficient (Wildman–Crippen LogP) is 6.20. The quantitative estimate of drug-likeness (QED) is 0.484. The van der Waals surface area contributed by atoms with Crippen molar-refractivity contribution in [2.75, 3.05) is 7.11 Å². The van der Waals surface area contributed by atoms with E-state index >= 15 is 0 Å². The summed E-state index contributed by atoms with van der Waals surface area (Å²) < 4.78 is 12.4. The van der Waals surface area contributed by atoms with Gasteiger partial charge >= 0.3 is 0 Å². The molecule has 0 fully saturated rings. The van der Waals surface area contributed by atoms with Crippen LogP contribution in [-0.4, -0.2) is 12.3 Å². The van der Waals surface area contributed by atoms with E-state index in [1.165, 1.54) is 0 Å². The highest BCUT2D eigenvalue weighted by Gasteiger charge is 2.13. The van der Waals surface area contributed by atoms with E-state index < -0.39 is 0 Å². The normalized spacial score (nSPS) is 10.7. The van der Waals surface area contributed by atoms with Crippen LogP contribution in [0.4, 0.5) is 0 Å². The van der Waals surface area contributed by atoms with Crippen molar-refractivity contribution in [3.63, 3.8) is 0 Å². The summed E-state index contributed by atoms with van der Waals surface area (Å²) in [7, 11) is 1.62. The van der Waals surface area contributed by atoms with Crippen molar-refractivity contribution in [3.05, 3.63) is 56.4 Å². The van der Waals surface area contributed by atoms with Crippen molar-refractivity contribution < 1.29 is 9.26 Å². The maximum atomic E-state index is 5.90. The topological polar surface area (TPSA) is 35.3 Å². The molecule has 0 aliphatic carbocycles. The van der Waals surface area contributed by atoms with Crippen molar-refractivity contribution in [1.29, 1.82) is 0 Å². The Labute approximate surface area is 149 Å². The molecule has 1 heterocycles. The van der Waals surface area contributed by atoms with E-state index in [0.717, 1.165) is 31.5 Å². The minimum absolute atomic E-state index is 0.687. The number of aromatic nitrogens is 1. The monoisotopic (exact) mass is 441 g/mol. The Kier molecular flexibility index (Phi) is 4.57.